The molecule has 2 aromatic carbocycles. The molecule has 3 nitrogen and oxygen atoms in total. The van der Waals surface area contributed by atoms with Crippen LogP contribution >= 0.6 is 0 Å². The van der Waals surface area contributed by atoms with Crippen molar-refractivity contribution in [1.82, 2.24) is 4.90 Å². The standard InChI is InChI=1S/C16H25N.C8H10O2S.2H2/c1-2-3-4-5-8-12-17-13-11-15-9-6-7-10-16(15)14-17;1-7-4-3-5-8(6-7)11(2,9)10;;/h6-7,9-10H,2-5,8,11-14H2,1H3;3-6H,1-2H3;2*1H. The van der Waals surface area contributed by atoms with Crippen molar-refractivity contribution in [1.29, 1.82) is 0 Å². The Morgan fingerprint density at radius 1 is 0.964 bits per heavy atom. The highest BCUT2D eigenvalue weighted by atomic mass is 32.2. The Hall–Kier alpha value is -1.65. The zero-order valence-corrected chi connectivity index (χ0v) is 18.5. The van der Waals surface area contributed by atoms with E-state index in [0.29, 0.717) is 4.90 Å². The van der Waals surface area contributed by atoms with Crippen molar-refractivity contribution in [2.75, 3.05) is 19.3 Å². The number of unbranched alkanes of at least 4 members (excludes halogenated alkanes) is 4. The van der Waals surface area contributed by atoms with Crippen LogP contribution in [0.25, 0.3) is 0 Å². The van der Waals surface area contributed by atoms with Gasteiger partial charge in [0.2, 0.25) is 0 Å². The lowest BCUT2D eigenvalue weighted by molar-refractivity contribution is 0.248. The Morgan fingerprint density at radius 3 is 2.32 bits per heavy atom. The average molecular weight is 406 g/mol. The number of rotatable bonds is 7. The fraction of sp³-hybridized carbons (Fsp3) is 0.500. The molecule has 0 unspecified atom stereocenters. The van der Waals surface area contributed by atoms with Gasteiger partial charge in [-0.1, -0.05) is 69.0 Å². The van der Waals surface area contributed by atoms with E-state index in [0.717, 1.165) is 5.56 Å². The molecule has 3 rings (SSSR count). The molecule has 0 spiro atoms. The SMILES string of the molecule is CCCCCCCN1CCc2ccccc2C1.Cc1cccc(S(C)(=O)=O)c1.[HH].[HH]. The summed E-state index contributed by atoms with van der Waals surface area (Å²) in [5.41, 5.74) is 4.08. The van der Waals surface area contributed by atoms with Crippen molar-refractivity contribution in [3.05, 3.63) is 65.2 Å². The van der Waals surface area contributed by atoms with Crippen LogP contribution in [0.1, 0.15) is 58.6 Å². The molecule has 1 aliphatic rings. The van der Waals surface area contributed by atoms with E-state index in [2.05, 4.69) is 36.1 Å². The Bertz CT molecular complexity index is 841. The predicted molar refractivity (Wildman–Crippen MR) is 123 cm³/mol. The first-order chi connectivity index (χ1) is 13.4. The molecule has 1 aliphatic heterocycles. The maximum Gasteiger partial charge on any atom is 0.175 e. The van der Waals surface area contributed by atoms with Crippen molar-refractivity contribution in [2.24, 2.45) is 0 Å². The van der Waals surface area contributed by atoms with Gasteiger partial charge < -0.3 is 0 Å². The lowest BCUT2D eigenvalue weighted by atomic mass is 10.00. The Balaban J connectivity index is 0.000000569. The molecule has 0 bridgehead atoms. The van der Waals surface area contributed by atoms with Crippen molar-refractivity contribution in [2.45, 2.75) is 63.8 Å². The summed E-state index contributed by atoms with van der Waals surface area (Å²) < 4.78 is 22.0. The van der Waals surface area contributed by atoms with Gasteiger partial charge in [0.25, 0.3) is 0 Å². The summed E-state index contributed by atoms with van der Waals surface area (Å²) in [5, 5.41) is 0. The molecule has 4 heteroatoms. The van der Waals surface area contributed by atoms with Gasteiger partial charge in [0, 0.05) is 22.2 Å². The van der Waals surface area contributed by atoms with Crippen LogP contribution in [0.15, 0.2) is 53.4 Å². The van der Waals surface area contributed by atoms with E-state index in [1.165, 1.54) is 64.4 Å². The van der Waals surface area contributed by atoms with E-state index in [-0.39, 0.29) is 2.85 Å². The maximum atomic E-state index is 11.0. The molecule has 1 heterocycles. The number of aryl methyl sites for hydroxylation is 1. The van der Waals surface area contributed by atoms with Gasteiger partial charge in [-0.2, -0.15) is 0 Å². The van der Waals surface area contributed by atoms with E-state index < -0.39 is 9.84 Å². The fourth-order valence-electron chi connectivity index (χ4n) is 3.53. The van der Waals surface area contributed by atoms with Crippen LogP contribution in [0.5, 0.6) is 0 Å². The van der Waals surface area contributed by atoms with Gasteiger partial charge in [-0.15, -0.1) is 0 Å². The van der Waals surface area contributed by atoms with Crippen molar-refractivity contribution in [3.8, 4) is 0 Å². The fourth-order valence-corrected chi connectivity index (χ4v) is 4.26. The molecule has 0 radical (unpaired) electrons. The summed E-state index contributed by atoms with van der Waals surface area (Å²) in [6.07, 6.45) is 9.40. The molecular formula is C24H39NO2S. The van der Waals surface area contributed by atoms with Crippen LogP contribution in [0.4, 0.5) is 0 Å². The summed E-state index contributed by atoms with van der Waals surface area (Å²) in [7, 11) is -3.03. The lowest BCUT2D eigenvalue weighted by Gasteiger charge is -2.28. The molecule has 158 valence electrons. The van der Waals surface area contributed by atoms with Gasteiger partial charge in [0.05, 0.1) is 4.90 Å². The molecule has 0 fully saturated rings. The van der Waals surface area contributed by atoms with Crippen LogP contribution in [-0.2, 0) is 22.8 Å². The van der Waals surface area contributed by atoms with Crippen molar-refractivity contribution in [3.63, 3.8) is 0 Å². The Kier molecular flexibility index (Phi) is 9.20. The van der Waals surface area contributed by atoms with Gasteiger partial charge in [0.1, 0.15) is 0 Å². The highest BCUT2D eigenvalue weighted by Crippen LogP contribution is 2.19. The monoisotopic (exact) mass is 405 g/mol. The molecule has 2 aromatic rings. The minimum absolute atomic E-state index is 0. The minimum atomic E-state index is -3.03. The third-order valence-corrected chi connectivity index (χ3v) is 6.32. The van der Waals surface area contributed by atoms with Crippen LogP contribution in [0.3, 0.4) is 0 Å². The molecule has 0 N–H and O–H groups in total. The molecule has 0 aliphatic carbocycles. The number of hydrogen-bond donors (Lipinski definition) is 0. The first kappa shape index (κ1) is 22.6. The second-order valence-electron chi connectivity index (χ2n) is 7.80. The third kappa shape index (κ3) is 7.76. The largest absolute Gasteiger partial charge is 0.299 e. The van der Waals surface area contributed by atoms with Gasteiger partial charge >= 0.3 is 0 Å². The normalized spacial score (nSPS) is 14.1. The lowest BCUT2D eigenvalue weighted by Crippen LogP contribution is -2.31. The summed E-state index contributed by atoms with van der Waals surface area (Å²) in [6, 6.07) is 15.8. The van der Waals surface area contributed by atoms with Crippen LogP contribution < -0.4 is 0 Å². The minimum Gasteiger partial charge on any atom is -0.299 e. The summed E-state index contributed by atoms with van der Waals surface area (Å²) in [5.74, 6) is 0. The molecule has 0 saturated carbocycles. The van der Waals surface area contributed by atoms with Gasteiger partial charge in [0.15, 0.2) is 9.84 Å². The topological polar surface area (TPSA) is 37.4 Å². The highest BCUT2D eigenvalue weighted by Gasteiger charge is 2.14. The van der Waals surface area contributed by atoms with Crippen molar-refractivity contribution >= 4 is 9.84 Å². The van der Waals surface area contributed by atoms with E-state index in [1.807, 2.05) is 13.0 Å². The molecule has 0 aromatic heterocycles. The maximum absolute atomic E-state index is 11.0. The zero-order chi connectivity index (χ0) is 20.4. The third-order valence-electron chi connectivity index (χ3n) is 5.21. The Labute approximate surface area is 174 Å². The number of nitrogens with zero attached hydrogens (tertiary/aromatic N) is 1. The molecule has 0 atom stereocenters. The summed E-state index contributed by atoms with van der Waals surface area (Å²) in [6.45, 7) is 7.86. The highest BCUT2D eigenvalue weighted by molar-refractivity contribution is 7.90. The number of sulfone groups is 1. The van der Waals surface area contributed by atoms with Gasteiger partial charge in [-0.3, -0.25) is 4.90 Å². The Morgan fingerprint density at radius 2 is 1.68 bits per heavy atom. The summed E-state index contributed by atoms with van der Waals surface area (Å²) in [4.78, 5) is 3.01. The van der Waals surface area contributed by atoms with E-state index in [1.54, 1.807) is 29.3 Å². The first-order valence-electron chi connectivity index (χ1n) is 10.5. The second-order valence-corrected chi connectivity index (χ2v) is 9.81. The summed E-state index contributed by atoms with van der Waals surface area (Å²) >= 11 is 0. The molecule has 0 amide bonds. The molecular weight excluding hydrogens is 366 g/mol. The van der Waals surface area contributed by atoms with Crippen LogP contribution in [0, 0.1) is 6.92 Å². The average Bonchev–Trinajstić information content (AvgIpc) is 2.67. The first-order valence-corrected chi connectivity index (χ1v) is 12.3. The molecule has 0 saturated heterocycles. The molecule has 28 heavy (non-hydrogen) atoms. The quantitative estimate of drug-likeness (QED) is 0.538. The number of benzene rings is 2. The number of hydrogen-bond acceptors (Lipinski definition) is 3. The second kappa shape index (κ2) is 11.4. The zero-order valence-electron chi connectivity index (χ0n) is 17.7. The van der Waals surface area contributed by atoms with Gasteiger partial charge in [-0.25, -0.2) is 8.42 Å². The van der Waals surface area contributed by atoms with Crippen LogP contribution in [0.2, 0.25) is 0 Å². The number of fused-ring (bicyclic) bond motifs is 1. The smallest absolute Gasteiger partial charge is 0.175 e. The van der Waals surface area contributed by atoms with E-state index in [9.17, 15) is 8.42 Å². The predicted octanol–water partition coefficient (Wildman–Crippen LogP) is 5.91. The van der Waals surface area contributed by atoms with Crippen LogP contribution in [-0.4, -0.2) is 32.7 Å². The van der Waals surface area contributed by atoms with E-state index in [4.69, 9.17) is 0 Å². The van der Waals surface area contributed by atoms with Crippen molar-refractivity contribution < 1.29 is 11.3 Å². The van der Waals surface area contributed by atoms with Gasteiger partial charge in [-0.05, 0) is 55.1 Å². The van der Waals surface area contributed by atoms with E-state index >= 15 is 0 Å².